The van der Waals surface area contributed by atoms with Crippen LogP contribution in [0.3, 0.4) is 0 Å². The zero-order chi connectivity index (χ0) is 46.4. The molecule has 0 amide bonds. The minimum Gasteiger partial charge on any atom is -0.395 e. The van der Waals surface area contributed by atoms with Crippen LogP contribution in [0.5, 0.6) is 0 Å². The predicted octanol–water partition coefficient (Wildman–Crippen LogP) is 6.82. The third-order valence-corrected chi connectivity index (χ3v) is 11.3. The van der Waals surface area contributed by atoms with E-state index in [1.54, 1.807) is 30.3 Å². The van der Waals surface area contributed by atoms with Gasteiger partial charge in [0.05, 0.1) is 18.6 Å². The molecular formula is C42H58N14O7S2. The van der Waals surface area contributed by atoms with Gasteiger partial charge in [-0.25, -0.2) is 5.26 Å². The first-order valence-electron chi connectivity index (χ1n) is 21.3. The van der Waals surface area contributed by atoms with Crippen LogP contribution in [0.2, 0.25) is 0 Å². The van der Waals surface area contributed by atoms with E-state index < -0.39 is 10.1 Å². The molecule has 0 aliphatic heterocycles. The van der Waals surface area contributed by atoms with Crippen LogP contribution in [0.25, 0.3) is 12.2 Å². The van der Waals surface area contributed by atoms with Crippen molar-refractivity contribution in [2.24, 2.45) is 0 Å². The molecule has 0 aliphatic carbocycles. The fourth-order valence-corrected chi connectivity index (χ4v) is 7.57. The molecule has 3 aromatic carbocycles. The van der Waals surface area contributed by atoms with Crippen molar-refractivity contribution in [1.29, 1.82) is 0 Å². The number of hydrogen-bond donors (Lipinski definition) is 9. The van der Waals surface area contributed by atoms with Crippen molar-refractivity contribution >= 4 is 87.1 Å². The smallest absolute Gasteiger partial charge is 0.295 e. The molecule has 0 unspecified atom stereocenters. The summed E-state index contributed by atoms with van der Waals surface area (Å²) >= 11 is 0.687. The minimum atomic E-state index is -4.74. The summed E-state index contributed by atoms with van der Waals surface area (Å²) in [4.78, 5) is 31.7. The number of nitrogens with one attached hydrogen (secondary N) is 6. The number of para-hydroxylation sites is 1. The van der Waals surface area contributed by atoms with Crippen molar-refractivity contribution in [1.82, 2.24) is 39.7 Å². The molecule has 65 heavy (non-hydrogen) atoms. The molecule has 9 N–H and O–H groups in total. The number of aromatic nitrogens is 6. The summed E-state index contributed by atoms with van der Waals surface area (Å²) in [6, 6.07) is 18.9. The third-order valence-electron chi connectivity index (χ3n) is 9.77. The lowest BCUT2D eigenvalue weighted by Gasteiger charge is -2.18. The fraction of sp³-hybridized carbons (Fsp3) is 0.381. The first-order valence-corrected chi connectivity index (χ1v) is 23.5. The largest absolute Gasteiger partial charge is 0.395 e. The quantitative estimate of drug-likeness (QED) is 0.00594. The second-order valence-corrected chi connectivity index (χ2v) is 16.3. The van der Waals surface area contributed by atoms with Crippen LogP contribution in [0.4, 0.5) is 52.8 Å². The molecule has 350 valence electrons. The van der Waals surface area contributed by atoms with E-state index in [0.717, 1.165) is 57.8 Å². The van der Waals surface area contributed by atoms with Gasteiger partial charge in [0.1, 0.15) is 4.90 Å². The molecule has 0 saturated carbocycles. The summed E-state index contributed by atoms with van der Waals surface area (Å²) in [7, 11) is -4.74. The molecule has 5 aromatic rings. The van der Waals surface area contributed by atoms with Crippen molar-refractivity contribution in [3.8, 4) is 0 Å². The Balaban J connectivity index is 1.36. The lowest BCUT2D eigenvalue weighted by atomic mass is 10.1. The molecule has 0 radical (unpaired) electrons. The Bertz CT molecular complexity index is 2380. The molecule has 0 aliphatic rings. The molecule has 0 spiro atoms. The number of rotatable bonds is 29. The first kappa shape index (κ1) is 50.2. The number of aliphatic hydroxyl groups is 1. The second kappa shape index (κ2) is 26.3. The number of hydrogen-bond acceptors (Lipinski definition) is 21. The zero-order valence-corrected chi connectivity index (χ0v) is 38.5. The van der Waals surface area contributed by atoms with Crippen molar-refractivity contribution in [2.45, 2.75) is 50.3 Å². The Morgan fingerprint density at radius 3 is 1.58 bits per heavy atom. The summed E-state index contributed by atoms with van der Waals surface area (Å²) in [5.74, 6) is 1.49. The number of nitrogens with zero attached hydrogens (tertiary/aromatic N) is 8. The molecule has 0 atom stereocenters. The highest BCUT2D eigenvalue weighted by atomic mass is 32.2. The summed E-state index contributed by atoms with van der Waals surface area (Å²) < 4.78 is 40.7. The molecule has 5 rings (SSSR count). The fourth-order valence-electron chi connectivity index (χ4n) is 6.35. The van der Waals surface area contributed by atoms with Crippen molar-refractivity contribution in [3.05, 3.63) is 77.9 Å². The average molecular weight is 935 g/mol. The van der Waals surface area contributed by atoms with Crippen LogP contribution < -0.4 is 31.9 Å². The molecule has 2 heterocycles. The van der Waals surface area contributed by atoms with Crippen molar-refractivity contribution < 1.29 is 32.7 Å². The predicted molar refractivity (Wildman–Crippen MR) is 256 cm³/mol. The van der Waals surface area contributed by atoms with Gasteiger partial charge < -0.3 is 46.8 Å². The SMILES string of the molecule is CCN(CC)CCCNc1nc(NCCO)nc(Nc2ccc(/C=C/c3ccc(Nc4nc(NCCCN(CC)CC)nc(Nc5ccccc5)n4)cc3S(=O)(=O)O)c(SOOO)c2)n1. The standard InChI is InChI=1S/C42H58N14O7S2/c1-5-55(6-2)25-12-22-43-37-49-39(45-24-27-57)53-41(50-37)47-33-20-18-30(35(28-33)64-63-62-58)16-17-31-19-21-34(29-36(31)65(59,60)61)48-42-52-38(44-23-13-26-56(7-3)8-4)51-40(54-42)46-32-14-10-9-11-15-32/h9-11,14-21,28-29,57-58H,5-8,12-13,22-27H2,1-4H3,(H,59,60,61)(H3,43,45,47,49,50,53)(H3,44,46,48,51,52,54)/b17-16+. The highest BCUT2D eigenvalue weighted by Crippen LogP contribution is 2.31. The van der Waals surface area contributed by atoms with E-state index >= 15 is 0 Å². The average Bonchev–Trinajstić information content (AvgIpc) is 3.30. The van der Waals surface area contributed by atoms with E-state index in [1.165, 1.54) is 18.2 Å². The van der Waals surface area contributed by atoms with E-state index in [0.29, 0.717) is 53.2 Å². The first-order chi connectivity index (χ1) is 31.5. The van der Waals surface area contributed by atoms with Gasteiger partial charge in [0.25, 0.3) is 10.1 Å². The molecule has 23 heteroatoms. The van der Waals surface area contributed by atoms with E-state index in [4.69, 9.17) is 9.59 Å². The van der Waals surface area contributed by atoms with Gasteiger partial charge in [-0.2, -0.15) is 38.3 Å². The maximum absolute atomic E-state index is 12.8. The van der Waals surface area contributed by atoms with Gasteiger partial charge in [-0.1, -0.05) is 75.2 Å². The zero-order valence-electron chi connectivity index (χ0n) is 36.9. The van der Waals surface area contributed by atoms with Crippen LogP contribution in [0.1, 0.15) is 51.7 Å². The monoisotopic (exact) mass is 934 g/mol. The van der Waals surface area contributed by atoms with E-state index in [9.17, 15) is 18.1 Å². The number of benzene rings is 3. The lowest BCUT2D eigenvalue weighted by molar-refractivity contribution is -0.432. The lowest BCUT2D eigenvalue weighted by Crippen LogP contribution is -2.25. The number of anilines is 9. The van der Waals surface area contributed by atoms with Gasteiger partial charge in [-0.15, -0.1) is 4.33 Å². The highest BCUT2D eigenvalue weighted by molar-refractivity contribution is 7.94. The third kappa shape index (κ3) is 16.6. The van der Waals surface area contributed by atoms with Crippen LogP contribution >= 0.6 is 12.0 Å². The normalized spacial score (nSPS) is 11.6. The van der Waals surface area contributed by atoms with Gasteiger partial charge in [-0.05, 0) is 99.6 Å². The Kier molecular flexibility index (Phi) is 20.3. The van der Waals surface area contributed by atoms with E-state index in [-0.39, 0.29) is 53.1 Å². The topological polar surface area (TPSA) is 269 Å². The maximum atomic E-state index is 12.8. The Hall–Kier alpha value is -5.76. The molecular weight excluding hydrogens is 877 g/mol. The van der Waals surface area contributed by atoms with Gasteiger partial charge in [-0.3, -0.25) is 4.55 Å². The van der Waals surface area contributed by atoms with Crippen LogP contribution in [-0.2, 0) is 19.5 Å². The van der Waals surface area contributed by atoms with Gasteiger partial charge in [0.2, 0.25) is 35.7 Å². The molecule has 0 fully saturated rings. The summed E-state index contributed by atoms with van der Waals surface area (Å²) in [5.41, 5.74) is 2.25. The van der Waals surface area contributed by atoms with Crippen molar-refractivity contribution in [2.75, 3.05) is 97.4 Å². The van der Waals surface area contributed by atoms with E-state index in [2.05, 4.69) is 104 Å². The Morgan fingerprint density at radius 2 is 1.08 bits per heavy atom. The molecule has 2 aromatic heterocycles. The summed E-state index contributed by atoms with van der Waals surface area (Å²) in [6.45, 7) is 15.5. The van der Waals surface area contributed by atoms with Crippen LogP contribution in [0.15, 0.2) is 76.5 Å². The highest BCUT2D eigenvalue weighted by Gasteiger charge is 2.17. The second-order valence-electron chi connectivity index (χ2n) is 14.2. The summed E-state index contributed by atoms with van der Waals surface area (Å²) in [6.07, 6.45) is 4.84. The van der Waals surface area contributed by atoms with Crippen LogP contribution in [0, 0.1) is 0 Å². The number of aliphatic hydroxyl groups excluding tert-OH is 1. The minimum absolute atomic E-state index is 0.123. The maximum Gasteiger partial charge on any atom is 0.295 e. The van der Waals surface area contributed by atoms with Gasteiger partial charge in [0, 0.05) is 41.6 Å². The Morgan fingerprint density at radius 1 is 0.615 bits per heavy atom. The van der Waals surface area contributed by atoms with Crippen molar-refractivity contribution in [3.63, 3.8) is 0 Å². The molecule has 0 bridgehead atoms. The van der Waals surface area contributed by atoms with Gasteiger partial charge in [0.15, 0.2) is 0 Å². The van der Waals surface area contributed by atoms with Gasteiger partial charge >= 0.3 is 0 Å². The summed E-state index contributed by atoms with van der Waals surface area (Å²) in [5, 5.41) is 41.1. The Labute approximate surface area is 383 Å². The molecule has 0 saturated heterocycles. The van der Waals surface area contributed by atoms with E-state index in [1.807, 2.05) is 30.3 Å². The van der Waals surface area contributed by atoms with Crippen LogP contribution in [-0.4, -0.2) is 129 Å². The molecule has 21 nitrogen and oxygen atoms in total.